The molecule has 0 atom stereocenters. The molecule has 0 fully saturated rings. The summed E-state index contributed by atoms with van der Waals surface area (Å²) in [6.07, 6.45) is 0. The minimum Gasteiger partial charge on any atom is -0.385 e. The average Bonchev–Trinajstić information content (AvgIpc) is 2.43. The first-order valence-electron chi connectivity index (χ1n) is 6.62. The van der Waals surface area contributed by atoms with Gasteiger partial charge in [0.2, 0.25) is 0 Å². The quantitative estimate of drug-likeness (QED) is 0.875. The molecule has 0 saturated heterocycles. The number of carbonyl (C=O) groups is 1. The summed E-state index contributed by atoms with van der Waals surface area (Å²) in [6, 6.07) is 9.33. The third-order valence-corrected chi connectivity index (χ3v) is 3.29. The van der Waals surface area contributed by atoms with Crippen LogP contribution in [0.15, 0.2) is 36.4 Å². The second-order valence-electron chi connectivity index (χ2n) is 4.66. The minimum atomic E-state index is -0.453. The van der Waals surface area contributed by atoms with E-state index in [4.69, 9.17) is 11.6 Å². The molecule has 0 aliphatic carbocycles. The van der Waals surface area contributed by atoms with E-state index in [2.05, 4.69) is 10.6 Å². The molecule has 0 spiro atoms. The zero-order valence-electron chi connectivity index (χ0n) is 11.8. The predicted octanol–water partition coefficient (Wildman–Crippen LogP) is 4.47. The van der Waals surface area contributed by atoms with Crippen LogP contribution in [0.5, 0.6) is 0 Å². The first-order valence-corrected chi connectivity index (χ1v) is 7.00. The summed E-state index contributed by atoms with van der Waals surface area (Å²) in [5, 5.41) is 6.07. The van der Waals surface area contributed by atoms with Crippen molar-refractivity contribution in [2.75, 3.05) is 17.2 Å². The van der Waals surface area contributed by atoms with Gasteiger partial charge in [-0.25, -0.2) is 4.39 Å². The number of amides is 1. The van der Waals surface area contributed by atoms with Crippen molar-refractivity contribution >= 4 is 28.9 Å². The van der Waals surface area contributed by atoms with Crippen molar-refractivity contribution < 1.29 is 9.18 Å². The summed E-state index contributed by atoms with van der Waals surface area (Å²) in [5.74, 6) is -0.788. The van der Waals surface area contributed by atoms with Crippen LogP contribution in [0.3, 0.4) is 0 Å². The second kappa shape index (κ2) is 6.59. The summed E-state index contributed by atoms with van der Waals surface area (Å²) in [4.78, 5) is 12.4. The van der Waals surface area contributed by atoms with Crippen LogP contribution in [0.2, 0.25) is 5.02 Å². The van der Waals surface area contributed by atoms with Crippen molar-refractivity contribution in [1.82, 2.24) is 0 Å². The van der Waals surface area contributed by atoms with E-state index in [9.17, 15) is 9.18 Å². The molecule has 110 valence electrons. The maximum atomic E-state index is 13.2. The van der Waals surface area contributed by atoms with Gasteiger partial charge in [-0.3, -0.25) is 4.79 Å². The number of halogens is 2. The van der Waals surface area contributed by atoms with Gasteiger partial charge in [0.25, 0.3) is 5.91 Å². The molecule has 0 aliphatic heterocycles. The van der Waals surface area contributed by atoms with E-state index in [1.165, 1.54) is 18.2 Å². The number of benzene rings is 2. The highest BCUT2D eigenvalue weighted by atomic mass is 35.5. The van der Waals surface area contributed by atoms with Gasteiger partial charge in [0.1, 0.15) is 5.82 Å². The fraction of sp³-hybridized carbons (Fsp3) is 0.188. The Hall–Kier alpha value is -2.07. The van der Waals surface area contributed by atoms with Gasteiger partial charge >= 0.3 is 0 Å². The molecule has 1 amide bonds. The maximum absolute atomic E-state index is 13.2. The molecule has 0 unspecified atom stereocenters. The summed E-state index contributed by atoms with van der Waals surface area (Å²) in [7, 11) is 0. The van der Waals surface area contributed by atoms with Crippen molar-refractivity contribution in [3.05, 3.63) is 58.4 Å². The molecule has 0 aromatic heterocycles. The van der Waals surface area contributed by atoms with Gasteiger partial charge in [-0.1, -0.05) is 17.7 Å². The van der Waals surface area contributed by atoms with Crippen LogP contribution < -0.4 is 10.6 Å². The molecule has 3 nitrogen and oxygen atoms in total. The van der Waals surface area contributed by atoms with E-state index < -0.39 is 5.82 Å². The topological polar surface area (TPSA) is 41.1 Å². The lowest BCUT2D eigenvalue weighted by Gasteiger charge is -2.13. The van der Waals surface area contributed by atoms with Crippen molar-refractivity contribution in [1.29, 1.82) is 0 Å². The second-order valence-corrected chi connectivity index (χ2v) is 5.06. The highest BCUT2D eigenvalue weighted by Gasteiger charge is 2.13. The minimum absolute atomic E-state index is 0.254. The van der Waals surface area contributed by atoms with Gasteiger partial charge in [0.05, 0.1) is 16.3 Å². The van der Waals surface area contributed by atoms with Crippen LogP contribution in [0.4, 0.5) is 15.8 Å². The van der Waals surface area contributed by atoms with Crippen LogP contribution in [-0.4, -0.2) is 12.5 Å². The molecule has 0 radical (unpaired) electrons. The molecule has 0 heterocycles. The van der Waals surface area contributed by atoms with Gasteiger partial charge in [-0.2, -0.15) is 0 Å². The number of hydrogen-bond acceptors (Lipinski definition) is 2. The molecule has 0 bridgehead atoms. The number of anilines is 2. The molecule has 2 rings (SSSR count). The molecular weight excluding hydrogens is 291 g/mol. The molecule has 2 N–H and O–H groups in total. The van der Waals surface area contributed by atoms with E-state index in [1.54, 1.807) is 6.07 Å². The van der Waals surface area contributed by atoms with Gasteiger partial charge in [-0.05, 0) is 49.7 Å². The third-order valence-electron chi connectivity index (χ3n) is 2.96. The maximum Gasteiger partial charge on any atom is 0.257 e. The Balaban J connectivity index is 2.30. The fourth-order valence-electron chi connectivity index (χ4n) is 1.98. The Kier molecular flexibility index (Phi) is 4.81. The Morgan fingerprint density at radius 1 is 1.19 bits per heavy atom. The van der Waals surface area contributed by atoms with E-state index in [0.29, 0.717) is 17.1 Å². The normalized spacial score (nSPS) is 10.3. The average molecular weight is 307 g/mol. The predicted molar refractivity (Wildman–Crippen MR) is 84.7 cm³/mol. The van der Waals surface area contributed by atoms with E-state index in [0.717, 1.165) is 11.3 Å². The van der Waals surface area contributed by atoms with Crippen LogP contribution >= 0.6 is 11.6 Å². The Labute approximate surface area is 128 Å². The van der Waals surface area contributed by atoms with Crippen LogP contribution in [-0.2, 0) is 0 Å². The van der Waals surface area contributed by atoms with Gasteiger partial charge < -0.3 is 10.6 Å². The number of carbonyl (C=O) groups excluding carboxylic acids is 1. The lowest BCUT2D eigenvalue weighted by Crippen LogP contribution is -2.15. The lowest BCUT2D eigenvalue weighted by molar-refractivity contribution is 0.102. The summed E-state index contributed by atoms with van der Waals surface area (Å²) in [5.41, 5.74) is 2.53. The zero-order valence-corrected chi connectivity index (χ0v) is 12.6. The molecule has 2 aromatic rings. The van der Waals surface area contributed by atoms with Gasteiger partial charge in [0, 0.05) is 12.2 Å². The van der Waals surface area contributed by atoms with Crippen molar-refractivity contribution in [2.24, 2.45) is 0 Å². The Morgan fingerprint density at radius 2 is 1.95 bits per heavy atom. The lowest BCUT2D eigenvalue weighted by atomic mass is 10.1. The Morgan fingerprint density at radius 3 is 2.67 bits per heavy atom. The van der Waals surface area contributed by atoms with Crippen molar-refractivity contribution in [2.45, 2.75) is 13.8 Å². The van der Waals surface area contributed by atoms with Gasteiger partial charge in [-0.15, -0.1) is 0 Å². The van der Waals surface area contributed by atoms with Crippen LogP contribution in [0, 0.1) is 12.7 Å². The third kappa shape index (κ3) is 3.73. The monoisotopic (exact) mass is 306 g/mol. The largest absolute Gasteiger partial charge is 0.385 e. The summed E-state index contributed by atoms with van der Waals surface area (Å²) in [6.45, 7) is 4.60. The SMILES string of the molecule is CCNc1cc(C)ccc1C(=O)Nc1cc(F)ccc1Cl. The van der Waals surface area contributed by atoms with Crippen LogP contribution in [0.1, 0.15) is 22.8 Å². The molecule has 0 saturated carbocycles. The standard InChI is InChI=1S/C16H16ClFN2O/c1-3-19-14-8-10(2)4-6-12(14)16(21)20-15-9-11(18)5-7-13(15)17/h4-9,19H,3H2,1-2H3,(H,20,21). The van der Waals surface area contributed by atoms with Crippen molar-refractivity contribution in [3.8, 4) is 0 Å². The molecule has 5 heteroatoms. The fourth-order valence-corrected chi connectivity index (χ4v) is 2.14. The first kappa shape index (κ1) is 15.3. The number of rotatable bonds is 4. The molecule has 21 heavy (non-hydrogen) atoms. The highest BCUT2D eigenvalue weighted by molar-refractivity contribution is 6.34. The summed E-state index contributed by atoms with van der Waals surface area (Å²) < 4.78 is 13.2. The molecule has 0 aliphatic rings. The van der Waals surface area contributed by atoms with E-state index >= 15 is 0 Å². The highest BCUT2D eigenvalue weighted by Crippen LogP contribution is 2.25. The molecule has 2 aromatic carbocycles. The smallest absolute Gasteiger partial charge is 0.257 e. The zero-order chi connectivity index (χ0) is 15.4. The van der Waals surface area contributed by atoms with Crippen LogP contribution in [0.25, 0.3) is 0 Å². The molecular formula is C16H16ClFN2O. The number of aryl methyl sites for hydroxylation is 1. The number of hydrogen-bond donors (Lipinski definition) is 2. The Bertz CT molecular complexity index is 673. The van der Waals surface area contributed by atoms with Gasteiger partial charge in [0.15, 0.2) is 0 Å². The summed E-state index contributed by atoms with van der Waals surface area (Å²) >= 11 is 5.96. The van der Waals surface area contributed by atoms with E-state index in [1.807, 2.05) is 26.0 Å². The number of nitrogens with one attached hydrogen (secondary N) is 2. The van der Waals surface area contributed by atoms with E-state index in [-0.39, 0.29) is 11.6 Å². The first-order chi connectivity index (χ1) is 10.0. The van der Waals surface area contributed by atoms with Crippen molar-refractivity contribution in [3.63, 3.8) is 0 Å².